The molecule has 5 heteroatoms. The van der Waals surface area contributed by atoms with Crippen LogP contribution in [-0.2, 0) is 9.53 Å². The topological polar surface area (TPSA) is 44.8 Å². The minimum Gasteiger partial charge on any atom is -0.379 e. The summed E-state index contributed by atoms with van der Waals surface area (Å²) in [7, 11) is 0. The molecule has 0 radical (unpaired) electrons. The van der Waals surface area contributed by atoms with Crippen LogP contribution < -0.4 is 5.32 Å². The summed E-state index contributed by atoms with van der Waals surface area (Å²) < 4.78 is 5.41. The third-order valence-electron chi connectivity index (χ3n) is 5.20. The van der Waals surface area contributed by atoms with Crippen molar-refractivity contribution in [3.63, 3.8) is 0 Å². The van der Waals surface area contributed by atoms with E-state index < -0.39 is 0 Å². The molecule has 120 valence electrons. The lowest BCUT2D eigenvalue weighted by Gasteiger charge is -2.32. The van der Waals surface area contributed by atoms with Crippen molar-refractivity contribution >= 4 is 5.91 Å². The standard InChI is InChI=1S/C16H29N3O2/c20-16(5-4-14-3-1-2-7-17-14)19-8-6-15(13-19)18-9-11-21-12-10-18/h14-15,17H,1-13H2. The molecule has 0 aromatic carbocycles. The Morgan fingerprint density at radius 2 is 2.00 bits per heavy atom. The quantitative estimate of drug-likeness (QED) is 0.835. The summed E-state index contributed by atoms with van der Waals surface area (Å²) in [5, 5.41) is 3.53. The van der Waals surface area contributed by atoms with E-state index >= 15 is 0 Å². The van der Waals surface area contributed by atoms with Gasteiger partial charge in [0.15, 0.2) is 0 Å². The number of hydrogen-bond acceptors (Lipinski definition) is 4. The molecule has 21 heavy (non-hydrogen) atoms. The minimum atomic E-state index is 0.359. The van der Waals surface area contributed by atoms with Crippen LogP contribution in [0.25, 0.3) is 0 Å². The highest BCUT2D eigenvalue weighted by molar-refractivity contribution is 5.76. The van der Waals surface area contributed by atoms with Crippen LogP contribution in [0.3, 0.4) is 0 Å². The van der Waals surface area contributed by atoms with Crippen LogP contribution in [0.2, 0.25) is 0 Å². The normalized spacial score (nSPS) is 31.5. The van der Waals surface area contributed by atoms with Crippen molar-refractivity contribution < 1.29 is 9.53 Å². The highest BCUT2D eigenvalue weighted by Gasteiger charge is 2.31. The molecule has 3 aliphatic heterocycles. The van der Waals surface area contributed by atoms with E-state index in [1.807, 2.05) is 0 Å². The summed E-state index contributed by atoms with van der Waals surface area (Å²) in [5.41, 5.74) is 0. The lowest BCUT2D eigenvalue weighted by Crippen LogP contribution is -2.45. The summed E-state index contributed by atoms with van der Waals surface area (Å²) in [6, 6.07) is 1.13. The van der Waals surface area contributed by atoms with E-state index in [2.05, 4.69) is 15.1 Å². The predicted molar refractivity (Wildman–Crippen MR) is 82.3 cm³/mol. The zero-order chi connectivity index (χ0) is 14.5. The number of nitrogens with zero attached hydrogens (tertiary/aromatic N) is 2. The van der Waals surface area contributed by atoms with E-state index in [9.17, 15) is 4.79 Å². The van der Waals surface area contributed by atoms with E-state index in [0.717, 1.165) is 58.8 Å². The molecule has 3 aliphatic rings. The van der Waals surface area contributed by atoms with Gasteiger partial charge in [-0.25, -0.2) is 0 Å². The summed E-state index contributed by atoms with van der Waals surface area (Å²) in [6.45, 7) is 6.74. The number of ether oxygens (including phenoxy) is 1. The first kappa shape index (κ1) is 15.3. The zero-order valence-corrected chi connectivity index (χ0v) is 13.1. The van der Waals surface area contributed by atoms with Gasteiger partial charge in [0.1, 0.15) is 0 Å². The fourth-order valence-corrected chi connectivity index (χ4v) is 3.84. The van der Waals surface area contributed by atoms with Gasteiger partial charge in [0.2, 0.25) is 5.91 Å². The van der Waals surface area contributed by atoms with Crippen molar-refractivity contribution in [3.05, 3.63) is 0 Å². The Labute approximate surface area is 128 Å². The van der Waals surface area contributed by atoms with Crippen molar-refractivity contribution in [2.75, 3.05) is 45.9 Å². The monoisotopic (exact) mass is 295 g/mol. The average molecular weight is 295 g/mol. The second-order valence-electron chi connectivity index (χ2n) is 6.62. The maximum absolute atomic E-state index is 12.4. The first-order valence-electron chi connectivity index (χ1n) is 8.66. The van der Waals surface area contributed by atoms with Gasteiger partial charge in [-0.15, -0.1) is 0 Å². The van der Waals surface area contributed by atoms with E-state index in [4.69, 9.17) is 4.74 Å². The number of morpholine rings is 1. The van der Waals surface area contributed by atoms with Crippen LogP contribution >= 0.6 is 0 Å². The fourth-order valence-electron chi connectivity index (χ4n) is 3.84. The Kier molecular flexibility index (Phi) is 5.49. The molecule has 0 aromatic heterocycles. The maximum atomic E-state index is 12.4. The average Bonchev–Trinajstić information content (AvgIpc) is 3.04. The van der Waals surface area contributed by atoms with E-state index in [0.29, 0.717) is 24.4 Å². The van der Waals surface area contributed by atoms with E-state index in [1.54, 1.807) is 0 Å². The van der Waals surface area contributed by atoms with Crippen molar-refractivity contribution in [2.45, 2.75) is 50.6 Å². The van der Waals surface area contributed by atoms with Gasteiger partial charge in [0, 0.05) is 44.7 Å². The van der Waals surface area contributed by atoms with Gasteiger partial charge in [0.05, 0.1) is 13.2 Å². The van der Waals surface area contributed by atoms with Crippen LogP contribution in [0.1, 0.15) is 38.5 Å². The summed E-state index contributed by atoms with van der Waals surface area (Å²) >= 11 is 0. The van der Waals surface area contributed by atoms with Gasteiger partial charge in [-0.05, 0) is 32.2 Å². The largest absolute Gasteiger partial charge is 0.379 e. The third-order valence-corrected chi connectivity index (χ3v) is 5.20. The van der Waals surface area contributed by atoms with Crippen molar-refractivity contribution in [3.8, 4) is 0 Å². The van der Waals surface area contributed by atoms with Crippen LogP contribution in [0, 0.1) is 0 Å². The van der Waals surface area contributed by atoms with Crippen molar-refractivity contribution in [2.24, 2.45) is 0 Å². The zero-order valence-electron chi connectivity index (χ0n) is 13.1. The summed E-state index contributed by atoms with van der Waals surface area (Å²) in [5.74, 6) is 0.359. The van der Waals surface area contributed by atoms with Crippen LogP contribution in [0.4, 0.5) is 0 Å². The number of piperidine rings is 1. The number of carbonyl (C=O) groups excluding carboxylic acids is 1. The Morgan fingerprint density at radius 3 is 2.76 bits per heavy atom. The summed E-state index contributed by atoms with van der Waals surface area (Å²) in [4.78, 5) is 17.0. The number of rotatable bonds is 4. The summed E-state index contributed by atoms with van der Waals surface area (Å²) in [6.07, 6.45) is 6.70. The van der Waals surface area contributed by atoms with Gasteiger partial charge < -0.3 is 15.0 Å². The van der Waals surface area contributed by atoms with Gasteiger partial charge in [0.25, 0.3) is 0 Å². The van der Waals surface area contributed by atoms with Gasteiger partial charge in [-0.2, -0.15) is 0 Å². The highest BCUT2D eigenvalue weighted by Crippen LogP contribution is 2.19. The number of amides is 1. The van der Waals surface area contributed by atoms with Crippen molar-refractivity contribution in [1.29, 1.82) is 0 Å². The fraction of sp³-hybridized carbons (Fsp3) is 0.938. The smallest absolute Gasteiger partial charge is 0.222 e. The lowest BCUT2D eigenvalue weighted by atomic mass is 10.0. The van der Waals surface area contributed by atoms with Crippen LogP contribution in [0.5, 0.6) is 0 Å². The van der Waals surface area contributed by atoms with E-state index in [-0.39, 0.29) is 0 Å². The second kappa shape index (κ2) is 7.56. The molecular formula is C16H29N3O2. The van der Waals surface area contributed by atoms with Crippen molar-refractivity contribution in [1.82, 2.24) is 15.1 Å². The van der Waals surface area contributed by atoms with Crippen LogP contribution in [-0.4, -0.2) is 73.7 Å². The molecule has 0 aliphatic carbocycles. The number of carbonyl (C=O) groups is 1. The third kappa shape index (κ3) is 4.18. The maximum Gasteiger partial charge on any atom is 0.222 e. The molecule has 1 N–H and O–H groups in total. The number of likely N-dealkylation sites (tertiary alicyclic amines) is 1. The number of nitrogens with one attached hydrogen (secondary N) is 1. The highest BCUT2D eigenvalue weighted by atomic mass is 16.5. The molecule has 3 rings (SSSR count). The molecular weight excluding hydrogens is 266 g/mol. The lowest BCUT2D eigenvalue weighted by molar-refractivity contribution is -0.130. The second-order valence-corrected chi connectivity index (χ2v) is 6.62. The van der Waals surface area contributed by atoms with E-state index in [1.165, 1.54) is 19.3 Å². The molecule has 0 saturated carbocycles. The molecule has 3 fully saturated rings. The van der Waals surface area contributed by atoms with Crippen LogP contribution in [0.15, 0.2) is 0 Å². The first-order valence-corrected chi connectivity index (χ1v) is 8.66. The minimum absolute atomic E-state index is 0.359. The molecule has 1 amide bonds. The first-order chi connectivity index (χ1) is 10.3. The molecule has 0 spiro atoms. The Hall–Kier alpha value is -0.650. The Bertz CT molecular complexity index is 338. The molecule has 2 atom stereocenters. The molecule has 3 saturated heterocycles. The molecule has 2 unspecified atom stereocenters. The Morgan fingerprint density at radius 1 is 1.14 bits per heavy atom. The molecule has 0 aromatic rings. The number of hydrogen-bond donors (Lipinski definition) is 1. The van der Waals surface area contributed by atoms with Gasteiger partial charge in [-0.3, -0.25) is 9.69 Å². The molecule has 5 nitrogen and oxygen atoms in total. The Balaban J connectivity index is 1.39. The predicted octanol–water partition coefficient (Wildman–Crippen LogP) is 0.842. The van der Waals surface area contributed by atoms with Gasteiger partial charge in [-0.1, -0.05) is 6.42 Å². The van der Waals surface area contributed by atoms with Gasteiger partial charge >= 0.3 is 0 Å². The SMILES string of the molecule is O=C(CCC1CCCCN1)N1CCC(N2CCOCC2)C1. The molecule has 0 bridgehead atoms. The molecule has 3 heterocycles.